The van der Waals surface area contributed by atoms with Gasteiger partial charge in [0.15, 0.2) is 11.5 Å². The van der Waals surface area contributed by atoms with Gasteiger partial charge in [-0.05, 0) is 41.5 Å². The summed E-state index contributed by atoms with van der Waals surface area (Å²) >= 11 is 0. The number of amides is 1. The second-order valence-corrected chi connectivity index (χ2v) is 6.68. The van der Waals surface area contributed by atoms with Crippen molar-refractivity contribution in [2.45, 2.75) is 13.0 Å². The fraction of sp³-hybridized carbons (Fsp3) is 0.130. The zero-order valence-electron chi connectivity index (χ0n) is 17.2. The molecule has 0 saturated heterocycles. The molecule has 0 radical (unpaired) electrons. The molecule has 0 spiro atoms. The monoisotopic (exact) mass is 437 g/mol. The number of halogens is 1. The quantitative estimate of drug-likeness (QED) is 0.309. The van der Waals surface area contributed by atoms with Crippen molar-refractivity contribution in [3.63, 3.8) is 0 Å². The predicted molar refractivity (Wildman–Crippen MR) is 116 cm³/mol. The molecule has 0 atom stereocenters. The van der Waals surface area contributed by atoms with Crippen molar-refractivity contribution in [3.05, 3.63) is 99.4 Å². The molecule has 0 heterocycles. The molecule has 3 aromatic rings. The summed E-state index contributed by atoms with van der Waals surface area (Å²) in [5.41, 5.74) is 3.98. The molecule has 164 valence electrons. The molecule has 0 saturated carbocycles. The number of benzene rings is 3. The van der Waals surface area contributed by atoms with Crippen molar-refractivity contribution in [2.75, 3.05) is 7.11 Å². The second-order valence-electron chi connectivity index (χ2n) is 6.68. The Balaban J connectivity index is 1.59. The van der Waals surface area contributed by atoms with Crippen LogP contribution in [0.25, 0.3) is 0 Å². The van der Waals surface area contributed by atoms with Gasteiger partial charge < -0.3 is 9.47 Å². The van der Waals surface area contributed by atoms with E-state index in [2.05, 4.69) is 10.5 Å². The van der Waals surface area contributed by atoms with Crippen molar-refractivity contribution in [1.29, 1.82) is 0 Å². The third-order valence-electron chi connectivity index (χ3n) is 4.44. The van der Waals surface area contributed by atoms with Crippen LogP contribution in [-0.2, 0) is 17.8 Å². The Labute approximate surface area is 183 Å². The van der Waals surface area contributed by atoms with Crippen LogP contribution in [0, 0.1) is 15.9 Å². The van der Waals surface area contributed by atoms with Gasteiger partial charge in [0.1, 0.15) is 12.4 Å². The Hall–Kier alpha value is -4.27. The third kappa shape index (κ3) is 6.11. The fourth-order valence-electron chi connectivity index (χ4n) is 2.86. The molecule has 0 fully saturated rings. The van der Waals surface area contributed by atoms with Gasteiger partial charge in [0.25, 0.3) is 5.69 Å². The molecular formula is C23H20FN3O5. The molecule has 0 aliphatic rings. The first-order valence-corrected chi connectivity index (χ1v) is 9.55. The minimum absolute atomic E-state index is 0.118. The largest absolute Gasteiger partial charge is 0.493 e. The molecule has 0 aliphatic carbocycles. The van der Waals surface area contributed by atoms with Gasteiger partial charge in [-0.3, -0.25) is 14.9 Å². The zero-order valence-corrected chi connectivity index (χ0v) is 17.2. The van der Waals surface area contributed by atoms with E-state index in [-0.39, 0.29) is 24.5 Å². The van der Waals surface area contributed by atoms with E-state index >= 15 is 0 Å². The smallest absolute Gasteiger partial charge is 0.273 e. The van der Waals surface area contributed by atoms with Gasteiger partial charge in [0, 0.05) is 11.6 Å². The van der Waals surface area contributed by atoms with Gasteiger partial charge in [0.05, 0.1) is 24.7 Å². The molecule has 32 heavy (non-hydrogen) atoms. The Kier molecular flexibility index (Phi) is 7.47. The Morgan fingerprint density at radius 3 is 2.59 bits per heavy atom. The van der Waals surface area contributed by atoms with Crippen molar-refractivity contribution in [3.8, 4) is 11.5 Å². The molecular weight excluding hydrogens is 417 g/mol. The first kappa shape index (κ1) is 22.4. The summed E-state index contributed by atoms with van der Waals surface area (Å²) in [7, 11) is 1.50. The van der Waals surface area contributed by atoms with Crippen molar-refractivity contribution in [2.24, 2.45) is 5.10 Å². The maximum atomic E-state index is 13.0. The van der Waals surface area contributed by atoms with E-state index in [1.165, 1.54) is 43.7 Å². The van der Waals surface area contributed by atoms with E-state index in [1.54, 1.807) is 36.4 Å². The summed E-state index contributed by atoms with van der Waals surface area (Å²) in [6.45, 7) is 0.242. The minimum Gasteiger partial charge on any atom is -0.493 e. The van der Waals surface area contributed by atoms with Gasteiger partial charge in [0.2, 0.25) is 5.91 Å². The van der Waals surface area contributed by atoms with Crippen LogP contribution in [0.5, 0.6) is 11.5 Å². The molecule has 0 bridgehead atoms. The summed E-state index contributed by atoms with van der Waals surface area (Å²) in [6.07, 6.45) is 1.25. The number of ether oxygens (including phenoxy) is 2. The molecule has 3 rings (SSSR count). The van der Waals surface area contributed by atoms with Gasteiger partial charge in [-0.15, -0.1) is 0 Å². The molecule has 0 aliphatic heterocycles. The van der Waals surface area contributed by atoms with E-state index in [4.69, 9.17) is 9.47 Å². The highest BCUT2D eigenvalue weighted by atomic mass is 19.1. The number of hydrazone groups is 1. The lowest BCUT2D eigenvalue weighted by Crippen LogP contribution is -2.20. The van der Waals surface area contributed by atoms with E-state index in [1.807, 2.05) is 0 Å². The number of nitrogens with zero attached hydrogens (tertiary/aromatic N) is 2. The highest BCUT2D eigenvalue weighted by Gasteiger charge is 2.15. The summed E-state index contributed by atoms with van der Waals surface area (Å²) in [5, 5.41) is 14.9. The Morgan fingerprint density at radius 2 is 1.88 bits per heavy atom. The lowest BCUT2D eigenvalue weighted by Gasteiger charge is -2.11. The van der Waals surface area contributed by atoms with Crippen LogP contribution in [0.15, 0.2) is 71.8 Å². The number of hydrogen-bond donors (Lipinski definition) is 1. The number of para-hydroxylation sites is 1. The molecule has 9 heteroatoms. The number of nitro groups is 1. The second kappa shape index (κ2) is 10.7. The highest BCUT2D eigenvalue weighted by Crippen LogP contribution is 2.28. The number of nitro benzene ring substituents is 1. The van der Waals surface area contributed by atoms with Crippen LogP contribution in [0.1, 0.15) is 16.7 Å². The number of nitrogens with one attached hydrogen (secondary N) is 1. The Bertz CT molecular complexity index is 1130. The van der Waals surface area contributed by atoms with Gasteiger partial charge in [-0.1, -0.05) is 30.3 Å². The number of carbonyl (C=O) groups is 1. The zero-order chi connectivity index (χ0) is 22.9. The molecule has 1 amide bonds. The Morgan fingerprint density at radius 1 is 1.12 bits per heavy atom. The number of rotatable bonds is 9. The summed E-state index contributed by atoms with van der Waals surface area (Å²) in [6, 6.07) is 17.1. The SMILES string of the molecule is COc1cc(/C=N/NC(=O)Cc2ccccc2[N+](=O)[O-])ccc1OCc1ccc(F)cc1. The number of carbonyl (C=O) groups excluding carboxylic acids is 1. The first-order valence-electron chi connectivity index (χ1n) is 9.55. The van der Waals surface area contributed by atoms with E-state index in [0.29, 0.717) is 22.6 Å². The van der Waals surface area contributed by atoms with Gasteiger partial charge in [-0.25, -0.2) is 9.82 Å². The number of hydrogen-bond acceptors (Lipinski definition) is 6. The molecule has 1 N–H and O–H groups in total. The van der Waals surface area contributed by atoms with Crippen molar-refractivity contribution < 1.29 is 23.6 Å². The maximum Gasteiger partial charge on any atom is 0.273 e. The fourth-order valence-corrected chi connectivity index (χ4v) is 2.86. The van der Waals surface area contributed by atoms with Gasteiger partial charge in [-0.2, -0.15) is 5.10 Å². The van der Waals surface area contributed by atoms with E-state index in [9.17, 15) is 19.3 Å². The van der Waals surface area contributed by atoms with E-state index < -0.39 is 10.8 Å². The molecule has 8 nitrogen and oxygen atoms in total. The van der Waals surface area contributed by atoms with Gasteiger partial charge >= 0.3 is 0 Å². The molecule has 3 aromatic carbocycles. The number of methoxy groups -OCH3 is 1. The van der Waals surface area contributed by atoms with Crippen molar-refractivity contribution in [1.82, 2.24) is 5.43 Å². The highest BCUT2D eigenvalue weighted by molar-refractivity contribution is 5.84. The topological polar surface area (TPSA) is 103 Å². The minimum atomic E-state index is -0.530. The lowest BCUT2D eigenvalue weighted by molar-refractivity contribution is -0.385. The van der Waals surface area contributed by atoms with Crippen LogP contribution in [0.2, 0.25) is 0 Å². The van der Waals surface area contributed by atoms with Crippen LogP contribution in [0.3, 0.4) is 0 Å². The summed E-state index contributed by atoms with van der Waals surface area (Å²) in [5.74, 6) is 0.155. The first-order chi connectivity index (χ1) is 15.5. The third-order valence-corrected chi connectivity index (χ3v) is 4.44. The predicted octanol–water partition coefficient (Wildman–Crippen LogP) is 4.01. The average Bonchev–Trinajstić information content (AvgIpc) is 2.79. The standard InChI is InChI=1S/C23H20FN3O5/c1-31-22-12-17(8-11-21(22)32-15-16-6-9-19(24)10-7-16)14-25-26-23(28)13-18-4-2-3-5-20(18)27(29)30/h2-12,14H,13,15H2,1H3,(H,26,28)/b25-14+. The summed E-state index contributed by atoms with van der Waals surface area (Å²) in [4.78, 5) is 22.6. The van der Waals surface area contributed by atoms with Crippen LogP contribution in [0.4, 0.5) is 10.1 Å². The van der Waals surface area contributed by atoms with Crippen LogP contribution in [-0.4, -0.2) is 24.2 Å². The normalized spacial score (nSPS) is 10.7. The van der Waals surface area contributed by atoms with E-state index in [0.717, 1.165) is 5.56 Å². The molecule has 0 unspecified atom stereocenters. The average molecular weight is 437 g/mol. The maximum absolute atomic E-state index is 13.0. The van der Waals surface area contributed by atoms with Crippen molar-refractivity contribution >= 4 is 17.8 Å². The van der Waals surface area contributed by atoms with Crippen LogP contribution < -0.4 is 14.9 Å². The van der Waals surface area contributed by atoms with Crippen LogP contribution >= 0.6 is 0 Å². The lowest BCUT2D eigenvalue weighted by atomic mass is 10.1. The molecule has 0 aromatic heterocycles. The summed E-state index contributed by atoms with van der Waals surface area (Å²) < 4.78 is 24.1.